The molecule has 0 spiro atoms. The van der Waals surface area contributed by atoms with Gasteiger partial charge in [0.1, 0.15) is 18.1 Å². The van der Waals surface area contributed by atoms with Crippen molar-refractivity contribution in [1.82, 2.24) is 30.9 Å². The summed E-state index contributed by atoms with van der Waals surface area (Å²) in [7, 11) is 0. The van der Waals surface area contributed by atoms with Gasteiger partial charge in [0.15, 0.2) is 0 Å². The molecule has 252 valence electrons. The second-order valence-corrected chi connectivity index (χ2v) is 14.5. The summed E-state index contributed by atoms with van der Waals surface area (Å²) < 4.78 is 4.95. The Kier molecular flexibility index (Phi) is 9.73. The van der Waals surface area contributed by atoms with Crippen LogP contribution in [0.2, 0.25) is 0 Å². The topological polar surface area (TPSA) is 191 Å². The predicted molar refractivity (Wildman–Crippen MR) is 164 cm³/mol. The first-order chi connectivity index (χ1) is 21.7. The summed E-state index contributed by atoms with van der Waals surface area (Å²) in [5.74, 6) is -3.82. The van der Waals surface area contributed by atoms with Gasteiger partial charge in [-0.1, -0.05) is 40.0 Å². The minimum Gasteiger partial charge on any atom is -0.373 e. The van der Waals surface area contributed by atoms with Crippen molar-refractivity contribution < 1.29 is 33.3 Å². The van der Waals surface area contributed by atoms with Crippen LogP contribution in [0, 0.1) is 17.3 Å². The van der Waals surface area contributed by atoms with Crippen molar-refractivity contribution in [3.8, 4) is 0 Å². The Labute approximate surface area is 267 Å². The molecule has 2 saturated heterocycles. The van der Waals surface area contributed by atoms with Crippen molar-refractivity contribution in [2.24, 2.45) is 17.3 Å². The molecule has 2 aliphatic carbocycles. The second kappa shape index (κ2) is 13.4. The van der Waals surface area contributed by atoms with Crippen LogP contribution in [0.1, 0.15) is 96.0 Å². The Morgan fingerprint density at radius 2 is 1.67 bits per heavy atom. The van der Waals surface area contributed by atoms with E-state index < -0.39 is 64.6 Å². The number of Topliss-reactive ketones (excluding diaryl/α,β-unsaturated/α-hetero) is 1. The Bertz CT molecular complexity index is 1420. The van der Waals surface area contributed by atoms with Crippen molar-refractivity contribution in [3.05, 3.63) is 22.2 Å². The highest BCUT2D eigenvalue weighted by Gasteiger charge is 2.49. The lowest BCUT2D eigenvalue weighted by Crippen LogP contribution is -2.62. The Morgan fingerprint density at radius 1 is 0.978 bits per heavy atom. The normalized spacial score (nSPS) is 24.0. The number of rotatable bonds is 10. The molecule has 4 unspecified atom stereocenters. The first-order valence-electron chi connectivity index (χ1n) is 16.5. The third-order valence-corrected chi connectivity index (χ3v) is 9.84. The summed E-state index contributed by atoms with van der Waals surface area (Å²) in [6, 6.07) is -2.78. The molecule has 5 amide bonds. The molecule has 4 aliphatic rings. The van der Waals surface area contributed by atoms with Gasteiger partial charge in [-0.25, -0.2) is 0 Å². The van der Waals surface area contributed by atoms with Gasteiger partial charge >= 0.3 is 0 Å². The first kappa shape index (κ1) is 33.4. The van der Waals surface area contributed by atoms with Crippen LogP contribution < -0.4 is 21.5 Å². The van der Waals surface area contributed by atoms with E-state index in [1.807, 2.05) is 20.8 Å². The lowest BCUT2D eigenvalue weighted by molar-refractivity contribution is -0.151. The lowest BCUT2D eigenvalue weighted by Gasteiger charge is -2.39. The smallest absolute Gasteiger partial charge is 0.290 e. The molecule has 1 aromatic heterocycles. The summed E-state index contributed by atoms with van der Waals surface area (Å²) in [4.78, 5) is 94.9. The maximum atomic E-state index is 14.3. The maximum absolute atomic E-state index is 14.3. The molecule has 5 rings (SSSR count). The Morgan fingerprint density at radius 3 is 2.28 bits per heavy atom. The number of aromatic nitrogens is 1. The fourth-order valence-electron chi connectivity index (χ4n) is 6.95. The van der Waals surface area contributed by atoms with Gasteiger partial charge in [-0.2, -0.15) is 5.16 Å². The number of likely N-dealkylation sites (tertiary alicyclic amines) is 2. The van der Waals surface area contributed by atoms with Crippen LogP contribution in [0.4, 0.5) is 0 Å². The summed E-state index contributed by atoms with van der Waals surface area (Å²) in [5.41, 5.74) is -1.34. The molecule has 14 heteroatoms. The molecule has 0 radical (unpaired) electrons. The second-order valence-electron chi connectivity index (χ2n) is 14.5. The van der Waals surface area contributed by atoms with Crippen LogP contribution in [0.25, 0.3) is 0 Å². The average molecular weight is 643 g/mol. The molecule has 2 aliphatic heterocycles. The molecule has 14 nitrogen and oxygen atoms in total. The van der Waals surface area contributed by atoms with Crippen LogP contribution >= 0.6 is 0 Å². The molecule has 2 saturated carbocycles. The van der Waals surface area contributed by atoms with Gasteiger partial charge in [-0.3, -0.25) is 33.6 Å². The van der Waals surface area contributed by atoms with E-state index in [4.69, 9.17) is 4.52 Å². The zero-order valence-corrected chi connectivity index (χ0v) is 27.1. The van der Waals surface area contributed by atoms with Crippen molar-refractivity contribution in [2.45, 2.75) is 116 Å². The van der Waals surface area contributed by atoms with Gasteiger partial charge in [-0.05, 0) is 62.7 Å². The number of H-pyrrole nitrogens is 1. The fraction of sp³-hybridized carbons (Fsp3) is 0.719. The standard InChI is InChI=1S/C32H46N6O8/c1-17(25(40)29(43)33-20-10-11-20)37-13-12-18-14-21(30(37)44)38(16-18)31(45)26(32(2,3)4)35-28(42)24(19-8-6-5-7-9-19)34-27(41)22-15-23(39)36-46-22/h15,17-21,24,26H,5-14,16H2,1-4H3,(H,33,43)(H,34,41)(H,35,42)(H,36,39)/t17?,18-,21?,24?,26?/m1/s1. The monoisotopic (exact) mass is 642 g/mol. The Hall–Kier alpha value is -3.97. The number of nitrogens with one attached hydrogen (secondary N) is 4. The van der Waals surface area contributed by atoms with Crippen LogP contribution in [-0.4, -0.2) is 93.6 Å². The highest BCUT2D eigenvalue weighted by Crippen LogP contribution is 2.34. The minimum atomic E-state index is -1.03. The number of carbonyl (C=O) groups excluding carboxylic acids is 6. The summed E-state index contributed by atoms with van der Waals surface area (Å²) in [6.07, 6.45) is 6.90. The van der Waals surface area contributed by atoms with E-state index in [0.29, 0.717) is 38.8 Å². The van der Waals surface area contributed by atoms with Gasteiger partial charge in [0, 0.05) is 19.1 Å². The van der Waals surface area contributed by atoms with E-state index in [-0.39, 0.29) is 29.5 Å². The zero-order chi connectivity index (χ0) is 33.3. The van der Waals surface area contributed by atoms with Crippen molar-refractivity contribution in [1.29, 1.82) is 0 Å². The third kappa shape index (κ3) is 7.36. The fourth-order valence-corrected chi connectivity index (χ4v) is 6.95. The number of amides is 5. The van der Waals surface area contributed by atoms with Gasteiger partial charge < -0.3 is 30.3 Å². The van der Waals surface area contributed by atoms with Crippen LogP contribution in [-0.2, 0) is 24.0 Å². The van der Waals surface area contributed by atoms with Gasteiger partial charge in [0.05, 0.1) is 12.1 Å². The first-order valence-corrected chi connectivity index (χ1v) is 16.5. The molecule has 46 heavy (non-hydrogen) atoms. The number of ketones is 1. The molecular formula is C32H46N6O8. The molecule has 4 fully saturated rings. The number of aromatic amines is 1. The Balaban J connectivity index is 1.33. The number of carbonyl (C=O) groups is 6. The van der Waals surface area contributed by atoms with E-state index >= 15 is 0 Å². The molecule has 0 aromatic carbocycles. The van der Waals surface area contributed by atoms with E-state index in [1.54, 1.807) is 6.92 Å². The van der Waals surface area contributed by atoms with Gasteiger partial charge in [0.25, 0.3) is 17.4 Å². The summed E-state index contributed by atoms with van der Waals surface area (Å²) in [6.45, 7) is 7.66. The van der Waals surface area contributed by atoms with Crippen molar-refractivity contribution in [3.63, 3.8) is 0 Å². The molecule has 4 N–H and O–H groups in total. The van der Waals surface area contributed by atoms with Crippen LogP contribution in [0.15, 0.2) is 15.4 Å². The third-order valence-electron chi connectivity index (χ3n) is 9.84. The SMILES string of the molecule is CC(C(=O)C(=O)NC1CC1)N1CC[C@@H]2CC(C1=O)N(C(=O)C(NC(=O)C(NC(=O)c1cc(=O)[nH]o1)C1CCCCC1)C(C)(C)C)C2. The summed E-state index contributed by atoms with van der Waals surface area (Å²) >= 11 is 0. The average Bonchev–Trinajstić information content (AvgIpc) is 3.59. The molecule has 5 atom stereocenters. The highest BCUT2D eigenvalue weighted by molar-refractivity contribution is 6.38. The zero-order valence-electron chi connectivity index (χ0n) is 27.1. The van der Waals surface area contributed by atoms with E-state index in [1.165, 1.54) is 9.80 Å². The molecule has 1 aromatic rings. The van der Waals surface area contributed by atoms with Crippen LogP contribution in [0.3, 0.4) is 0 Å². The number of hydrogen-bond acceptors (Lipinski definition) is 8. The largest absolute Gasteiger partial charge is 0.373 e. The molecule has 2 bridgehead atoms. The number of nitrogens with zero attached hydrogens (tertiary/aromatic N) is 2. The quantitative estimate of drug-likeness (QED) is 0.270. The van der Waals surface area contributed by atoms with Crippen molar-refractivity contribution >= 4 is 35.3 Å². The van der Waals surface area contributed by atoms with Gasteiger partial charge in [0.2, 0.25) is 29.3 Å². The molecular weight excluding hydrogens is 596 g/mol. The number of hydrogen-bond donors (Lipinski definition) is 4. The van der Waals surface area contributed by atoms with E-state index in [2.05, 4.69) is 21.1 Å². The van der Waals surface area contributed by atoms with Crippen LogP contribution in [0.5, 0.6) is 0 Å². The van der Waals surface area contributed by atoms with E-state index in [9.17, 15) is 33.6 Å². The van der Waals surface area contributed by atoms with Crippen molar-refractivity contribution in [2.75, 3.05) is 13.1 Å². The maximum Gasteiger partial charge on any atom is 0.290 e. The lowest BCUT2D eigenvalue weighted by atomic mass is 9.82. The minimum absolute atomic E-state index is 0.0116. The molecule has 3 heterocycles. The summed E-state index contributed by atoms with van der Waals surface area (Å²) in [5, 5.41) is 10.4. The predicted octanol–water partition coefficient (Wildman–Crippen LogP) is 0.863. The van der Waals surface area contributed by atoms with E-state index in [0.717, 1.165) is 38.2 Å². The number of fused-ring (bicyclic) bond motifs is 2. The van der Waals surface area contributed by atoms with Gasteiger partial charge in [-0.15, -0.1) is 0 Å². The highest BCUT2D eigenvalue weighted by atomic mass is 16.5.